The number of unbranched alkanes of at least 4 members (excludes halogenated alkanes) is 1. The van der Waals surface area contributed by atoms with Crippen LogP contribution in [-0.2, 0) is 0 Å². The first kappa shape index (κ1) is 13.4. The van der Waals surface area contributed by atoms with Crippen LogP contribution in [0.5, 0.6) is 0 Å². The average Bonchev–Trinajstić information content (AvgIpc) is 2.66. The largest absolute Gasteiger partial charge is 0.512 e. The Morgan fingerprint density at radius 1 is 1.29 bits per heavy atom. The summed E-state index contributed by atoms with van der Waals surface area (Å²) in [5, 5.41) is 6.25. The second kappa shape index (κ2) is 9.02. The van der Waals surface area contributed by atoms with E-state index < -0.39 is 0 Å². The third kappa shape index (κ3) is 5.24. The predicted octanol–water partition coefficient (Wildman–Crippen LogP) is 1.59. The van der Waals surface area contributed by atoms with Gasteiger partial charge in [0.05, 0.1) is 19.6 Å². The third-order valence-corrected chi connectivity index (χ3v) is 3.05. The van der Waals surface area contributed by atoms with Gasteiger partial charge in [0, 0.05) is 12.3 Å². The predicted molar refractivity (Wildman–Crippen MR) is 58.5 cm³/mol. The van der Waals surface area contributed by atoms with Gasteiger partial charge in [-0.15, -0.1) is 0 Å². The molecule has 1 N–H and O–H groups in total. The molecule has 0 saturated carbocycles. The molecule has 0 aromatic heterocycles. The van der Waals surface area contributed by atoms with Crippen LogP contribution in [0, 0.1) is 17.8 Å². The van der Waals surface area contributed by atoms with E-state index in [0.717, 1.165) is 5.92 Å². The van der Waals surface area contributed by atoms with Gasteiger partial charge in [0.15, 0.2) is 0 Å². The summed E-state index contributed by atoms with van der Waals surface area (Å²) in [6.07, 6.45) is 7.17. The Kier molecular flexibility index (Phi) is 8.67. The van der Waals surface area contributed by atoms with Crippen molar-refractivity contribution in [1.29, 1.82) is 5.26 Å². The molecule has 0 spiro atoms. The fourth-order valence-corrected chi connectivity index (χ4v) is 2.34. The van der Waals surface area contributed by atoms with Crippen LogP contribution in [0.15, 0.2) is 0 Å². The molecular formula is C12H24N2. The molecule has 2 heteroatoms. The highest BCUT2D eigenvalue weighted by Gasteiger charge is 2.24. The van der Waals surface area contributed by atoms with Gasteiger partial charge in [-0.3, -0.25) is 0 Å². The van der Waals surface area contributed by atoms with Crippen molar-refractivity contribution in [3.05, 3.63) is 6.57 Å². The summed E-state index contributed by atoms with van der Waals surface area (Å²) in [7, 11) is 0. The summed E-state index contributed by atoms with van der Waals surface area (Å²) < 4.78 is 0. The van der Waals surface area contributed by atoms with Crippen LogP contribution in [0.2, 0.25) is 0 Å². The maximum atomic E-state index is 6.25. The number of rotatable bonds is 5. The van der Waals surface area contributed by atoms with Gasteiger partial charge in [0.1, 0.15) is 0 Å². The molecule has 1 fully saturated rings. The standard InChI is InChI=1S/C11H23N.CN/c1-3-5-6-11-7-9-12(10-11)8-4-2;1-2/h11H,3-10H2,1-2H3;/q;-1/p+1. The van der Waals surface area contributed by atoms with Gasteiger partial charge < -0.3 is 16.7 Å². The number of nitrogens with zero attached hydrogens (tertiary/aromatic N) is 1. The molecule has 2 atom stereocenters. The smallest absolute Gasteiger partial charge is 0.0801 e. The Balaban J connectivity index is 0.000000791. The van der Waals surface area contributed by atoms with Crippen LogP contribution < -0.4 is 4.90 Å². The topological polar surface area (TPSA) is 28.2 Å². The second-order valence-electron chi connectivity index (χ2n) is 4.25. The van der Waals surface area contributed by atoms with Crippen LogP contribution in [0.25, 0.3) is 0 Å². The van der Waals surface area contributed by atoms with E-state index in [9.17, 15) is 0 Å². The Labute approximate surface area is 88.9 Å². The number of likely N-dealkylation sites (tertiary alicyclic amines) is 1. The molecule has 82 valence electrons. The second-order valence-corrected chi connectivity index (χ2v) is 4.25. The molecule has 1 aliphatic heterocycles. The normalized spacial score (nSPS) is 25.4. The van der Waals surface area contributed by atoms with Crippen molar-refractivity contribution in [3.63, 3.8) is 0 Å². The Morgan fingerprint density at radius 3 is 2.57 bits per heavy atom. The van der Waals surface area contributed by atoms with E-state index >= 15 is 0 Å². The molecule has 0 aromatic rings. The molecule has 2 unspecified atom stereocenters. The lowest BCUT2D eigenvalue weighted by atomic mass is 10.0. The van der Waals surface area contributed by atoms with E-state index in [1.54, 1.807) is 0 Å². The van der Waals surface area contributed by atoms with E-state index in [1.165, 1.54) is 51.7 Å². The maximum absolute atomic E-state index is 6.25. The zero-order valence-corrected chi connectivity index (χ0v) is 9.68. The molecule has 2 nitrogen and oxygen atoms in total. The van der Waals surface area contributed by atoms with Gasteiger partial charge in [-0.1, -0.05) is 26.7 Å². The molecule has 0 aromatic carbocycles. The fourth-order valence-electron chi connectivity index (χ4n) is 2.34. The minimum absolute atomic E-state index is 1.06. The van der Waals surface area contributed by atoms with Gasteiger partial charge in [-0.2, -0.15) is 0 Å². The first-order chi connectivity index (χ1) is 6.86. The molecule has 1 heterocycles. The summed E-state index contributed by atoms with van der Waals surface area (Å²) in [5.41, 5.74) is 0. The SMILES string of the molecule is CCCCC1CC[NH+](CCC)C1.[C-]#N. The molecular weight excluding hydrogens is 172 g/mol. The minimum Gasteiger partial charge on any atom is -0.512 e. The quantitative estimate of drug-likeness (QED) is 0.665. The molecule has 0 amide bonds. The van der Waals surface area contributed by atoms with Crippen molar-refractivity contribution in [2.24, 2.45) is 5.92 Å². The van der Waals surface area contributed by atoms with Gasteiger partial charge in [0.25, 0.3) is 0 Å². The maximum Gasteiger partial charge on any atom is 0.0801 e. The van der Waals surface area contributed by atoms with Gasteiger partial charge in [-0.05, 0) is 12.8 Å². The summed E-state index contributed by atoms with van der Waals surface area (Å²) in [4.78, 5) is 1.86. The monoisotopic (exact) mass is 196 g/mol. The third-order valence-electron chi connectivity index (χ3n) is 3.05. The average molecular weight is 196 g/mol. The van der Waals surface area contributed by atoms with Crippen LogP contribution in [0.3, 0.4) is 0 Å². The summed E-state index contributed by atoms with van der Waals surface area (Å²) in [6.45, 7) is 13.7. The Hall–Kier alpha value is -0.550. The summed E-state index contributed by atoms with van der Waals surface area (Å²) in [6, 6.07) is 0. The van der Waals surface area contributed by atoms with Crippen LogP contribution in [0.4, 0.5) is 0 Å². The zero-order valence-electron chi connectivity index (χ0n) is 9.68. The number of quaternary nitrogens is 1. The molecule has 1 saturated heterocycles. The molecule has 14 heavy (non-hydrogen) atoms. The van der Waals surface area contributed by atoms with Crippen LogP contribution in [-0.4, -0.2) is 19.6 Å². The Morgan fingerprint density at radius 2 is 2.00 bits per heavy atom. The zero-order chi connectivity index (χ0) is 10.8. The van der Waals surface area contributed by atoms with Gasteiger partial charge in [-0.25, -0.2) is 0 Å². The molecule has 0 bridgehead atoms. The van der Waals surface area contributed by atoms with Crippen molar-refractivity contribution >= 4 is 0 Å². The summed E-state index contributed by atoms with van der Waals surface area (Å²) in [5.74, 6) is 1.06. The highest BCUT2D eigenvalue weighted by molar-refractivity contribution is 4.62. The number of hydrogen-bond donors (Lipinski definition) is 1. The molecule has 1 rings (SSSR count). The van der Waals surface area contributed by atoms with Gasteiger partial charge >= 0.3 is 0 Å². The minimum atomic E-state index is 1.06. The van der Waals surface area contributed by atoms with Gasteiger partial charge in [0.2, 0.25) is 0 Å². The molecule has 0 aliphatic carbocycles. The lowest BCUT2D eigenvalue weighted by molar-refractivity contribution is -0.889. The van der Waals surface area contributed by atoms with E-state index in [0.29, 0.717) is 0 Å². The number of nitrogens with one attached hydrogen (secondary N) is 1. The van der Waals surface area contributed by atoms with Crippen molar-refractivity contribution in [3.8, 4) is 0 Å². The van der Waals surface area contributed by atoms with Crippen molar-refractivity contribution in [1.82, 2.24) is 0 Å². The van der Waals surface area contributed by atoms with E-state index in [1.807, 2.05) is 4.90 Å². The van der Waals surface area contributed by atoms with Crippen molar-refractivity contribution in [2.45, 2.75) is 46.0 Å². The van der Waals surface area contributed by atoms with E-state index in [4.69, 9.17) is 11.8 Å². The lowest BCUT2D eigenvalue weighted by Gasteiger charge is -2.11. The molecule has 0 radical (unpaired) electrons. The number of hydrogen-bond acceptors (Lipinski definition) is 1. The first-order valence-corrected chi connectivity index (χ1v) is 5.92. The van der Waals surface area contributed by atoms with Crippen LogP contribution in [0.1, 0.15) is 46.0 Å². The first-order valence-electron chi connectivity index (χ1n) is 5.92. The van der Waals surface area contributed by atoms with E-state index in [-0.39, 0.29) is 0 Å². The van der Waals surface area contributed by atoms with E-state index in [2.05, 4.69) is 13.8 Å². The van der Waals surface area contributed by atoms with Crippen LogP contribution >= 0.6 is 0 Å². The Bertz CT molecular complexity index is 143. The van der Waals surface area contributed by atoms with Crippen molar-refractivity contribution in [2.75, 3.05) is 19.6 Å². The highest BCUT2D eigenvalue weighted by atomic mass is 15.1. The lowest BCUT2D eigenvalue weighted by Crippen LogP contribution is -3.10. The summed E-state index contributed by atoms with van der Waals surface area (Å²) >= 11 is 0. The van der Waals surface area contributed by atoms with Crippen molar-refractivity contribution < 1.29 is 4.90 Å². The highest BCUT2D eigenvalue weighted by Crippen LogP contribution is 2.12. The molecule has 1 aliphatic rings. The fraction of sp³-hybridized carbons (Fsp3) is 0.917.